The van der Waals surface area contributed by atoms with Gasteiger partial charge in [-0.3, -0.25) is 19.4 Å². The molecule has 1 aromatic heterocycles. The van der Waals surface area contributed by atoms with Crippen molar-refractivity contribution in [2.45, 2.75) is 44.9 Å². The molecule has 1 atom stereocenters. The number of piperidine rings is 1. The van der Waals surface area contributed by atoms with Gasteiger partial charge in [0.05, 0.1) is 11.5 Å². The molecule has 0 saturated carbocycles. The Kier molecular flexibility index (Phi) is 6.84. The molecule has 0 aliphatic carbocycles. The lowest BCUT2D eigenvalue weighted by molar-refractivity contribution is -0.123. The number of carbonyl (C=O) groups excluding carboxylic acids is 2. The molecule has 36 heavy (non-hydrogen) atoms. The second-order valence-electron chi connectivity index (χ2n) is 9.58. The molecular weight excluding hydrogens is 454 g/mol. The molecule has 2 aliphatic heterocycles. The Labute approximate surface area is 210 Å². The van der Waals surface area contributed by atoms with E-state index in [0.29, 0.717) is 17.6 Å². The highest BCUT2D eigenvalue weighted by molar-refractivity contribution is 6.04. The van der Waals surface area contributed by atoms with Crippen LogP contribution in [0.3, 0.4) is 0 Å². The second kappa shape index (κ2) is 10.4. The summed E-state index contributed by atoms with van der Waals surface area (Å²) >= 11 is 0. The Morgan fingerprint density at radius 1 is 1.06 bits per heavy atom. The summed E-state index contributed by atoms with van der Waals surface area (Å²) in [5, 5.41) is 5.63. The van der Waals surface area contributed by atoms with E-state index in [1.807, 2.05) is 37.3 Å². The van der Waals surface area contributed by atoms with Crippen LogP contribution in [0, 0.1) is 5.92 Å². The number of aromatic amines is 1. The first-order valence-electron chi connectivity index (χ1n) is 12.6. The Hall–Kier alpha value is -3.94. The number of nitrogens with one attached hydrogen (secondary N) is 3. The summed E-state index contributed by atoms with van der Waals surface area (Å²) in [4.78, 5) is 48.4. The molecule has 0 unspecified atom stereocenters. The van der Waals surface area contributed by atoms with Gasteiger partial charge in [-0.2, -0.15) is 4.98 Å². The summed E-state index contributed by atoms with van der Waals surface area (Å²) in [7, 11) is 0. The standard InChI is InChI=1S/C28H31N5O3/c1-2-20-10-6-7-11-22(20)29-26(35)21-17-23(34)30-25-24(21)27(36)32-28(31-25)33-14-12-19(13-15-33)16-18-8-4-3-5-9-18/h3-11,19,21H,2,12-17H2,1H3,(H,29,35)(H2,30,31,32,34,36)/t21-/m1/s1. The number of para-hydroxylation sites is 1. The molecule has 1 saturated heterocycles. The topological polar surface area (TPSA) is 107 Å². The van der Waals surface area contributed by atoms with E-state index in [-0.39, 0.29) is 35.2 Å². The number of anilines is 3. The molecule has 8 heteroatoms. The predicted molar refractivity (Wildman–Crippen MR) is 140 cm³/mol. The molecular formula is C28H31N5O3. The molecule has 2 aromatic carbocycles. The molecule has 0 radical (unpaired) electrons. The number of H-pyrrole nitrogens is 1. The average Bonchev–Trinajstić information content (AvgIpc) is 2.89. The van der Waals surface area contributed by atoms with Gasteiger partial charge in [0.1, 0.15) is 5.82 Å². The van der Waals surface area contributed by atoms with Crippen LogP contribution in [-0.4, -0.2) is 34.9 Å². The average molecular weight is 486 g/mol. The lowest BCUT2D eigenvalue weighted by atomic mass is 9.90. The quantitative estimate of drug-likeness (QED) is 0.492. The third-order valence-electron chi connectivity index (χ3n) is 7.19. The number of fused-ring (bicyclic) bond motifs is 1. The van der Waals surface area contributed by atoms with Gasteiger partial charge in [-0.05, 0) is 48.8 Å². The third-order valence-corrected chi connectivity index (χ3v) is 7.19. The number of nitrogens with zero attached hydrogens (tertiary/aromatic N) is 2. The van der Waals surface area contributed by atoms with Crippen molar-refractivity contribution in [1.29, 1.82) is 0 Å². The fraction of sp³-hybridized carbons (Fsp3) is 0.357. The highest BCUT2D eigenvalue weighted by Crippen LogP contribution is 2.31. The van der Waals surface area contributed by atoms with E-state index in [1.165, 1.54) is 5.56 Å². The fourth-order valence-corrected chi connectivity index (χ4v) is 5.20. The number of benzene rings is 2. The zero-order chi connectivity index (χ0) is 25.1. The van der Waals surface area contributed by atoms with Crippen molar-refractivity contribution in [2.24, 2.45) is 5.92 Å². The summed E-state index contributed by atoms with van der Waals surface area (Å²) in [6.45, 7) is 3.55. The maximum absolute atomic E-state index is 13.2. The molecule has 186 valence electrons. The van der Waals surface area contributed by atoms with Gasteiger partial charge in [0, 0.05) is 25.2 Å². The van der Waals surface area contributed by atoms with E-state index >= 15 is 0 Å². The minimum absolute atomic E-state index is 0.0951. The number of amides is 2. The molecule has 3 N–H and O–H groups in total. The summed E-state index contributed by atoms with van der Waals surface area (Å²) in [6, 6.07) is 18.0. The van der Waals surface area contributed by atoms with Crippen molar-refractivity contribution in [3.63, 3.8) is 0 Å². The molecule has 0 bridgehead atoms. The lowest BCUT2D eigenvalue weighted by Crippen LogP contribution is -2.40. The van der Waals surface area contributed by atoms with Crippen molar-refractivity contribution in [2.75, 3.05) is 28.6 Å². The Balaban J connectivity index is 1.32. The monoisotopic (exact) mass is 485 g/mol. The van der Waals surface area contributed by atoms with Gasteiger partial charge >= 0.3 is 0 Å². The molecule has 0 spiro atoms. The molecule has 1 fully saturated rings. The summed E-state index contributed by atoms with van der Waals surface area (Å²) in [5.41, 5.74) is 2.85. The molecule has 3 heterocycles. The van der Waals surface area contributed by atoms with Crippen LogP contribution in [0.4, 0.5) is 17.5 Å². The van der Waals surface area contributed by atoms with Crippen molar-refractivity contribution >= 4 is 29.3 Å². The molecule has 8 nitrogen and oxygen atoms in total. The number of carbonyl (C=O) groups is 2. The number of hydrogen-bond acceptors (Lipinski definition) is 5. The SMILES string of the molecule is CCc1ccccc1NC(=O)[C@@H]1CC(=O)Nc2nc(N3CCC(Cc4ccccc4)CC3)[nH]c(=O)c21. The largest absolute Gasteiger partial charge is 0.342 e. The van der Waals surface area contributed by atoms with Crippen molar-refractivity contribution in [3.05, 3.63) is 81.6 Å². The van der Waals surface area contributed by atoms with Crippen LogP contribution < -0.4 is 21.1 Å². The van der Waals surface area contributed by atoms with Gasteiger partial charge < -0.3 is 15.5 Å². The van der Waals surface area contributed by atoms with E-state index in [1.54, 1.807) is 0 Å². The molecule has 3 aromatic rings. The highest BCUT2D eigenvalue weighted by Gasteiger charge is 2.35. The Bertz CT molecular complexity index is 1310. The number of rotatable bonds is 6. The first-order valence-corrected chi connectivity index (χ1v) is 12.6. The van der Waals surface area contributed by atoms with Gasteiger partial charge in [-0.1, -0.05) is 55.5 Å². The first kappa shape index (κ1) is 23.8. The molecule has 2 amide bonds. The van der Waals surface area contributed by atoms with E-state index in [2.05, 4.69) is 49.8 Å². The van der Waals surface area contributed by atoms with E-state index in [9.17, 15) is 14.4 Å². The van der Waals surface area contributed by atoms with Gasteiger partial charge in [-0.15, -0.1) is 0 Å². The second-order valence-corrected chi connectivity index (χ2v) is 9.58. The normalized spacial score (nSPS) is 17.9. The Morgan fingerprint density at radius 3 is 2.53 bits per heavy atom. The maximum Gasteiger partial charge on any atom is 0.258 e. The zero-order valence-electron chi connectivity index (χ0n) is 20.4. The van der Waals surface area contributed by atoms with Gasteiger partial charge in [0.15, 0.2) is 0 Å². The minimum atomic E-state index is -0.902. The number of hydrogen-bond donors (Lipinski definition) is 3. The van der Waals surface area contributed by atoms with Gasteiger partial charge in [0.25, 0.3) is 5.56 Å². The smallest absolute Gasteiger partial charge is 0.258 e. The summed E-state index contributed by atoms with van der Waals surface area (Å²) < 4.78 is 0. The maximum atomic E-state index is 13.2. The van der Waals surface area contributed by atoms with E-state index < -0.39 is 5.92 Å². The zero-order valence-corrected chi connectivity index (χ0v) is 20.4. The van der Waals surface area contributed by atoms with Crippen LogP contribution >= 0.6 is 0 Å². The molecule has 2 aliphatic rings. The van der Waals surface area contributed by atoms with E-state index in [4.69, 9.17) is 0 Å². The third kappa shape index (κ3) is 5.03. The van der Waals surface area contributed by atoms with Crippen LogP contribution in [0.1, 0.15) is 48.8 Å². The van der Waals surface area contributed by atoms with Gasteiger partial charge in [0.2, 0.25) is 17.8 Å². The van der Waals surface area contributed by atoms with Crippen LogP contribution in [-0.2, 0) is 22.4 Å². The van der Waals surface area contributed by atoms with Crippen molar-refractivity contribution in [3.8, 4) is 0 Å². The Morgan fingerprint density at radius 2 is 1.78 bits per heavy atom. The number of aryl methyl sites for hydroxylation is 1. The predicted octanol–water partition coefficient (Wildman–Crippen LogP) is 3.86. The first-order chi connectivity index (χ1) is 17.5. The summed E-state index contributed by atoms with van der Waals surface area (Å²) in [6.07, 6.45) is 3.68. The highest BCUT2D eigenvalue weighted by atomic mass is 16.2. The fourth-order valence-electron chi connectivity index (χ4n) is 5.20. The van der Waals surface area contributed by atoms with Crippen LogP contribution in [0.25, 0.3) is 0 Å². The molecule has 5 rings (SSSR count). The summed E-state index contributed by atoms with van der Waals surface area (Å²) in [5.74, 6) is -0.409. The lowest BCUT2D eigenvalue weighted by Gasteiger charge is -2.33. The number of aromatic nitrogens is 2. The van der Waals surface area contributed by atoms with Crippen molar-refractivity contribution < 1.29 is 9.59 Å². The van der Waals surface area contributed by atoms with Crippen LogP contribution in [0.5, 0.6) is 0 Å². The van der Waals surface area contributed by atoms with Crippen LogP contribution in [0.15, 0.2) is 59.4 Å². The minimum Gasteiger partial charge on any atom is -0.342 e. The van der Waals surface area contributed by atoms with Gasteiger partial charge in [-0.25, -0.2) is 0 Å². The van der Waals surface area contributed by atoms with Crippen molar-refractivity contribution in [1.82, 2.24) is 9.97 Å². The van der Waals surface area contributed by atoms with E-state index in [0.717, 1.165) is 44.3 Å². The van der Waals surface area contributed by atoms with Crippen LogP contribution in [0.2, 0.25) is 0 Å².